The van der Waals surface area contributed by atoms with E-state index >= 15 is 0 Å². The van der Waals surface area contributed by atoms with Gasteiger partial charge in [-0.15, -0.1) is 0 Å². The summed E-state index contributed by atoms with van der Waals surface area (Å²) in [4.78, 5) is 11.9. The highest BCUT2D eigenvalue weighted by Crippen LogP contribution is 2.34. The molecule has 0 saturated carbocycles. The van der Waals surface area contributed by atoms with Gasteiger partial charge in [-0.25, -0.2) is 0 Å². The zero-order chi connectivity index (χ0) is 16.9. The SMILES string of the molecule is CC1=C(C(=O)NC=NN)Cc2c(C)cccc21.CS(=O)(=O)O. The van der Waals surface area contributed by atoms with Gasteiger partial charge in [-0.3, -0.25) is 9.35 Å². The minimum absolute atomic E-state index is 0.132. The number of aryl methyl sites for hydroxylation is 1. The maximum absolute atomic E-state index is 11.9. The van der Waals surface area contributed by atoms with E-state index in [1.165, 1.54) is 23.0 Å². The van der Waals surface area contributed by atoms with Crippen LogP contribution >= 0.6 is 0 Å². The van der Waals surface area contributed by atoms with Crippen molar-refractivity contribution < 1.29 is 17.8 Å². The number of carbonyl (C=O) groups excluding carboxylic acids is 1. The van der Waals surface area contributed by atoms with Crippen LogP contribution in [0, 0.1) is 6.92 Å². The number of carbonyl (C=O) groups is 1. The van der Waals surface area contributed by atoms with Crippen LogP contribution in [0.25, 0.3) is 5.57 Å². The highest BCUT2D eigenvalue weighted by molar-refractivity contribution is 7.85. The summed E-state index contributed by atoms with van der Waals surface area (Å²) < 4.78 is 25.9. The number of nitrogens with one attached hydrogen (secondary N) is 1. The normalized spacial score (nSPS) is 13.6. The Morgan fingerprint density at radius 1 is 1.41 bits per heavy atom. The second kappa shape index (κ2) is 7.19. The smallest absolute Gasteiger partial charge is 0.261 e. The summed E-state index contributed by atoms with van der Waals surface area (Å²) in [5.74, 6) is 4.82. The van der Waals surface area contributed by atoms with Gasteiger partial charge < -0.3 is 11.2 Å². The van der Waals surface area contributed by atoms with Gasteiger partial charge in [0.25, 0.3) is 16.0 Å². The Morgan fingerprint density at radius 2 is 2.00 bits per heavy atom. The molecule has 1 aliphatic carbocycles. The van der Waals surface area contributed by atoms with E-state index in [0.29, 0.717) is 12.7 Å². The summed E-state index contributed by atoms with van der Waals surface area (Å²) in [6.45, 7) is 4.04. The number of benzene rings is 1. The number of allylic oxidation sites excluding steroid dienone is 1. The number of rotatable bonds is 2. The number of fused-ring (bicyclic) bond motifs is 1. The quantitative estimate of drug-likeness (QED) is 0.245. The van der Waals surface area contributed by atoms with Crippen LogP contribution in [0.15, 0.2) is 28.9 Å². The third-order valence-corrected chi connectivity index (χ3v) is 3.16. The van der Waals surface area contributed by atoms with E-state index in [1.54, 1.807) is 0 Å². The minimum atomic E-state index is -3.67. The standard InChI is InChI=1S/C13H15N3O.CH4O3S/c1-8-4-3-5-10-9(2)12(6-11(8)10)13(17)15-7-16-14;1-5(2,3)4/h3-5,7H,6,14H2,1-2H3,(H,15,16,17);1H3,(H,2,3,4). The number of nitrogens with two attached hydrogens (primary N) is 1. The zero-order valence-electron chi connectivity index (χ0n) is 12.6. The monoisotopic (exact) mass is 325 g/mol. The second-order valence-corrected chi connectivity index (χ2v) is 6.33. The van der Waals surface area contributed by atoms with Crippen molar-refractivity contribution in [1.82, 2.24) is 5.32 Å². The third kappa shape index (κ3) is 4.97. The largest absolute Gasteiger partial charge is 0.322 e. The van der Waals surface area contributed by atoms with E-state index < -0.39 is 10.1 Å². The molecule has 0 fully saturated rings. The summed E-state index contributed by atoms with van der Waals surface area (Å²) in [6, 6.07) is 6.13. The molecule has 120 valence electrons. The van der Waals surface area contributed by atoms with E-state index in [9.17, 15) is 13.2 Å². The van der Waals surface area contributed by atoms with Crippen molar-refractivity contribution in [3.05, 3.63) is 40.5 Å². The van der Waals surface area contributed by atoms with Gasteiger partial charge in [-0.1, -0.05) is 18.2 Å². The molecule has 0 aromatic heterocycles. The average Bonchev–Trinajstić information content (AvgIpc) is 2.73. The third-order valence-electron chi connectivity index (χ3n) is 3.16. The van der Waals surface area contributed by atoms with E-state index in [0.717, 1.165) is 11.1 Å². The van der Waals surface area contributed by atoms with Crippen molar-refractivity contribution in [2.45, 2.75) is 20.3 Å². The molecule has 22 heavy (non-hydrogen) atoms. The topological polar surface area (TPSA) is 122 Å². The van der Waals surface area contributed by atoms with E-state index in [4.69, 9.17) is 10.4 Å². The van der Waals surface area contributed by atoms with Crippen molar-refractivity contribution in [1.29, 1.82) is 0 Å². The summed E-state index contributed by atoms with van der Waals surface area (Å²) in [5.41, 5.74) is 5.44. The van der Waals surface area contributed by atoms with E-state index in [-0.39, 0.29) is 5.91 Å². The Labute approximate surface area is 129 Å². The van der Waals surface area contributed by atoms with Gasteiger partial charge in [0.2, 0.25) is 0 Å². The number of hydrogen-bond acceptors (Lipinski definition) is 5. The van der Waals surface area contributed by atoms with Crippen molar-refractivity contribution >= 4 is 27.9 Å². The van der Waals surface area contributed by atoms with Crippen LogP contribution in [0.5, 0.6) is 0 Å². The Hall–Kier alpha value is -2.19. The van der Waals surface area contributed by atoms with E-state index in [2.05, 4.69) is 29.5 Å². The molecule has 0 radical (unpaired) electrons. The first-order chi connectivity index (χ1) is 10.1. The Balaban J connectivity index is 0.000000422. The molecule has 0 bridgehead atoms. The molecule has 1 amide bonds. The molecule has 8 heteroatoms. The van der Waals surface area contributed by atoms with Gasteiger partial charge >= 0.3 is 0 Å². The maximum atomic E-state index is 11.9. The lowest BCUT2D eigenvalue weighted by Crippen LogP contribution is -2.24. The zero-order valence-corrected chi connectivity index (χ0v) is 13.4. The van der Waals surface area contributed by atoms with Crippen molar-refractivity contribution in [2.24, 2.45) is 10.9 Å². The number of amides is 1. The molecule has 1 aromatic carbocycles. The van der Waals surface area contributed by atoms with Gasteiger partial charge in [-0.05, 0) is 36.1 Å². The molecule has 0 atom stereocenters. The fourth-order valence-corrected chi connectivity index (χ4v) is 2.19. The maximum Gasteiger partial charge on any atom is 0.261 e. The minimum Gasteiger partial charge on any atom is -0.322 e. The lowest BCUT2D eigenvalue weighted by Gasteiger charge is -2.03. The Bertz CT molecular complexity index is 728. The first-order valence-electron chi connectivity index (χ1n) is 6.38. The Kier molecular flexibility index (Phi) is 5.84. The predicted octanol–water partition coefficient (Wildman–Crippen LogP) is 0.847. The molecule has 0 aliphatic heterocycles. The van der Waals surface area contributed by atoms with Crippen LogP contribution in [0.4, 0.5) is 0 Å². The van der Waals surface area contributed by atoms with Gasteiger partial charge in [0, 0.05) is 12.0 Å². The fraction of sp³-hybridized carbons (Fsp3) is 0.286. The summed E-state index contributed by atoms with van der Waals surface area (Å²) in [7, 11) is -3.67. The van der Waals surface area contributed by atoms with Crippen LogP contribution in [-0.4, -0.2) is 31.5 Å². The molecule has 1 aromatic rings. The molecule has 4 N–H and O–H groups in total. The van der Waals surface area contributed by atoms with Crippen LogP contribution in [0.1, 0.15) is 23.6 Å². The van der Waals surface area contributed by atoms with E-state index in [1.807, 2.05) is 13.0 Å². The summed E-state index contributed by atoms with van der Waals surface area (Å²) >= 11 is 0. The number of hydrazone groups is 1. The molecular weight excluding hydrogens is 306 g/mol. The first kappa shape index (κ1) is 17.9. The number of hydrogen-bond donors (Lipinski definition) is 3. The van der Waals surface area contributed by atoms with Crippen molar-refractivity contribution in [3.63, 3.8) is 0 Å². The molecule has 0 heterocycles. The van der Waals surface area contributed by atoms with Crippen LogP contribution in [0.3, 0.4) is 0 Å². The van der Waals surface area contributed by atoms with Gasteiger partial charge in [0.05, 0.1) is 6.26 Å². The molecule has 0 unspecified atom stereocenters. The molecule has 2 rings (SSSR count). The summed E-state index contributed by atoms with van der Waals surface area (Å²) in [5, 5.41) is 5.80. The van der Waals surface area contributed by atoms with Gasteiger partial charge in [0.1, 0.15) is 6.34 Å². The second-order valence-electron chi connectivity index (χ2n) is 4.87. The molecule has 0 spiro atoms. The van der Waals surface area contributed by atoms with Gasteiger partial charge in [-0.2, -0.15) is 13.5 Å². The van der Waals surface area contributed by atoms with Gasteiger partial charge in [0.15, 0.2) is 0 Å². The fourth-order valence-electron chi connectivity index (χ4n) is 2.19. The van der Waals surface area contributed by atoms with Crippen LogP contribution < -0.4 is 11.2 Å². The highest BCUT2D eigenvalue weighted by atomic mass is 32.2. The summed E-state index contributed by atoms with van der Waals surface area (Å²) in [6.07, 6.45) is 2.60. The lowest BCUT2D eigenvalue weighted by molar-refractivity contribution is -0.116. The van der Waals surface area contributed by atoms with Crippen LogP contribution in [0.2, 0.25) is 0 Å². The van der Waals surface area contributed by atoms with Crippen LogP contribution in [-0.2, 0) is 21.3 Å². The van der Waals surface area contributed by atoms with Crippen molar-refractivity contribution in [3.8, 4) is 0 Å². The predicted molar refractivity (Wildman–Crippen MR) is 85.8 cm³/mol. The number of nitrogens with zero attached hydrogens (tertiary/aromatic N) is 1. The molecule has 7 nitrogen and oxygen atoms in total. The highest BCUT2D eigenvalue weighted by Gasteiger charge is 2.23. The molecule has 0 saturated heterocycles. The molecule has 1 aliphatic rings. The lowest BCUT2D eigenvalue weighted by atomic mass is 10.0. The Morgan fingerprint density at radius 3 is 2.50 bits per heavy atom. The average molecular weight is 325 g/mol. The molecular formula is C14H19N3O4S. The first-order valence-corrected chi connectivity index (χ1v) is 8.23. The van der Waals surface area contributed by atoms with Crippen molar-refractivity contribution in [2.75, 3.05) is 6.26 Å².